The van der Waals surface area contributed by atoms with E-state index in [1.54, 1.807) is 6.08 Å². The molecule has 134 valence electrons. The van der Waals surface area contributed by atoms with Crippen molar-refractivity contribution in [3.8, 4) is 0 Å². The summed E-state index contributed by atoms with van der Waals surface area (Å²) >= 11 is 0. The van der Waals surface area contributed by atoms with Gasteiger partial charge in [-0.25, -0.2) is 0 Å². The molecule has 0 N–H and O–H groups in total. The molecule has 0 aromatic heterocycles. The highest BCUT2D eigenvalue weighted by molar-refractivity contribution is 5.65. The van der Waals surface area contributed by atoms with Gasteiger partial charge in [0.05, 0.1) is 5.41 Å². The van der Waals surface area contributed by atoms with Crippen LogP contribution in [-0.2, 0) is 5.41 Å². The number of aryl methyl sites for hydroxylation is 1. The zero-order valence-electron chi connectivity index (χ0n) is 16.0. The van der Waals surface area contributed by atoms with Crippen LogP contribution in [0.2, 0.25) is 0 Å². The summed E-state index contributed by atoms with van der Waals surface area (Å²) < 4.78 is 0. The van der Waals surface area contributed by atoms with Crippen LogP contribution in [0.15, 0.2) is 127 Å². The minimum Gasteiger partial charge on any atom is -0.115 e. The van der Waals surface area contributed by atoms with Gasteiger partial charge in [0.25, 0.3) is 0 Å². The maximum absolute atomic E-state index is 4.04. The van der Waals surface area contributed by atoms with E-state index in [4.69, 9.17) is 0 Å². The van der Waals surface area contributed by atoms with Crippen LogP contribution in [0.25, 0.3) is 0 Å². The molecule has 0 radical (unpaired) electrons. The van der Waals surface area contributed by atoms with Crippen molar-refractivity contribution in [1.29, 1.82) is 0 Å². The molecule has 0 amide bonds. The molecule has 27 heavy (non-hydrogen) atoms. The normalized spacial score (nSPS) is 18.3. The van der Waals surface area contributed by atoms with E-state index in [1.165, 1.54) is 16.7 Å². The van der Waals surface area contributed by atoms with E-state index in [2.05, 4.69) is 86.5 Å². The van der Waals surface area contributed by atoms with Gasteiger partial charge in [-0.3, -0.25) is 0 Å². The molecule has 0 nitrogen and oxygen atoms in total. The molecule has 0 spiro atoms. The zero-order valence-corrected chi connectivity index (χ0v) is 16.0. The van der Waals surface area contributed by atoms with Crippen LogP contribution < -0.4 is 0 Å². The summed E-state index contributed by atoms with van der Waals surface area (Å²) in [7, 11) is 0. The summed E-state index contributed by atoms with van der Waals surface area (Å²) in [5, 5.41) is 0. The van der Waals surface area contributed by atoms with Gasteiger partial charge in [0, 0.05) is 5.57 Å². The smallest absolute Gasteiger partial charge is 0.0679 e. The van der Waals surface area contributed by atoms with E-state index in [1.807, 2.05) is 24.3 Å². The van der Waals surface area contributed by atoms with E-state index < -0.39 is 0 Å². The van der Waals surface area contributed by atoms with Crippen LogP contribution in [0.3, 0.4) is 0 Å². The highest BCUT2D eigenvalue weighted by atomic mass is 14.4. The van der Waals surface area contributed by atoms with Crippen molar-refractivity contribution in [2.45, 2.75) is 25.2 Å². The lowest BCUT2D eigenvalue weighted by Gasteiger charge is -2.38. The third-order valence-electron chi connectivity index (χ3n) is 5.19. The molecule has 0 saturated heterocycles. The third-order valence-corrected chi connectivity index (χ3v) is 5.19. The second kappa shape index (κ2) is 8.54. The Bertz CT molecular complexity index is 950. The van der Waals surface area contributed by atoms with Crippen LogP contribution in [-0.4, -0.2) is 0 Å². The van der Waals surface area contributed by atoms with Crippen molar-refractivity contribution in [3.05, 3.63) is 138 Å². The first-order valence-corrected chi connectivity index (χ1v) is 9.43. The number of allylic oxidation sites excluding steroid dienone is 13. The van der Waals surface area contributed by atoms with Gasteiger partial charge < -0.3 is 0 Å². The van der Waals surface area contributed by atoms with Crippen molar-refractivity contribution in [2.24, 2.45) is 0 Å². The van der Waals surface area contributed by atoms with E-state index in [-0.39, 0.29) is 5.41 Å². The molecule has 0 saturated carbocycles. The first-order valence-electron chi connectivity index (χ1n) is 9.43. The average Bonchev–Trinajstić information content (AvgIpc) is 3.19. The topological polar surface area (TPSA) is 0 Å². The van der Waals surface area contributed by atoms with E-state index in [9.17, 15) is 0 Å². The molecule has 1 unspecified atom stereocenters. The van der Waals surface area contributed by atoms with Gasteiger partial charge in [-0.15, -0.1) is 5.73 Å². The van der Waals surface area contributed by atoms with Gasteiger partial charge in [-0.1, -0.05) is 97.7 Å². The molecule has 0 aliphatic heterocycles. The van der Waals surface area contributed by atoms with Crippen LogP contribution in [0.4, 0.5) is 0 Å². The Morgan fingerprint density at radius 1 is 1.07 bits per heavy atom. The molecule has 0 bridgehead atoms. The molecule has 2 aliphatic rings. The molecular formula is C27H26. The molecule has 1 atom stereocenters. The molecule has 0 fully saturated rings. The molecule has 2 aliphatic carbocycles. The van der Waals surface area contributed by atoms with Gasteiger partial charge in [0.2, 0.25) is 0 Å². The second-order valence-electron chi connectivity index (χ2n) is 6.77. The van der Waals surface area contributed by atoms with Crippen LogP contribution in [0.5, 0.6) is 0 Å². The lowest BCUT2D eigenvalue weighted by Crippen LogP contribution is -2.31. The van der Waals surface area contributed by atoms with E-state index in [0.717, 1.165) is 24.0 Å². The predicted molar refractivity (Wildman–Crippen MR) is 118 cm³/mol. The lowest BCUT2D eigenvalue weighted by atomic mass is 9.64. The number of rotatable bonds is 7. The SMILES string of the molecule is C=C/C=C\C=CC(C1=C=CC=C1C=C)(C1=CC=CCC1)c1ccccc1C. The monoisotopic (exact) mass is 350 g/mol. The van der Waals surface area contributed by atoms with Crippen molar-refractivity contribution in [1.82, 2.24) is 0 Å². The molecule has 1 aromatic rings. The first kappa shape index (κ1) is 18.7. The van der Waals surface area contributed by atoms with Gasteiger partial charge in [-0.05, 0) is 48.6 Å². The van der Waals surface area contributed by atoms with Crippen LogP contribution in [0, 0.1) is 6.92 Å². The van der Waals surface area contributed by atoms with E-state index >= 15 is 0 Å². The summed E-state index contributed by atoms with van der Waals surface area (Å²) in [6.07, 6.45) is 25.0. The summed E-state index contributed by atoms with van der Waals surface area (Å²) in [6.45, 7) is 10.0. The standard InChI is InChI=1S/C27H26/c1-4-6-7-13-21-27(24-17-9-8-10-18-24,25-19-12-11-15-22(25)3)26-20-14-16-23(26)5-2/h4-9,11-17,19,21H,1-2,10,18H2,3H3/b7-6-,21-13?. The first-order chi connectivity index (χ1) is 13.2. The maximum atomic E-state index is 4.04. The molecule has 1 aromatic carbocycles. The van der Waals surface area contributed by atoms with Crippen molar-refractivity contribution < 1.29 is 0 Å². The summed E-state index contributed by atoms with van der Waals surface area (Å²) in [5.41, 5.74) is 9.41. The Hall–Kier alpha value is -3.08. The highest BCUT2D eigenvalue weighted by Gasteiger charge is 2.40. The quantitative estimate of drug-likeness (QED) is 0.366. The molecule has 3 rings (SSSR count). The molecular weight excluding hydrogens is 324 g/mol. The zero-order chi connectivity index (χ0) is 19.1. The largest absolute Gasteiger partial charge is 0.115 e. The van der Waals surface area contributed by atoms with E-state index in [0.29, 0.717) is 0 Å². The fraction of sp³-hybridized carbons (Fsp3) is 0.148. The molecule has 0 heterocycles. The Labute approximate surface area is 163 Å². The third kappa shape index (κ3) is 3.58. The molecule has 0 heteroatoms. The van der Waals surface area contributed by atoms with Crippen LogP contribution >= 0.6 is 0 Å². The fourth-order valence-electron chi connectivity index (χ4n) is 3.93. The lowest BCUT2D eigenvalue weighted by molar-refractivity contribution is 0.692. The Kier molecular flexibility index (Phi) is 5.91. The number of benzene rings is 1. The van der Waals surface area contributed by atoms with Gasteiger partial charge in [0.1, 0.15) is 0 Å². The Morgan fingerprint density at radius 2 is 1.93 bits per heavy atom. The van der Waals surface area contributed by atoms with Gasteiger partial charge in [-0.2, -0.15) is 0 Å². The highest BCUT2D eigenvalue weighted by Crippen LogP contribution is 2.48. The van der Waals surface area contributed by atoms with Crippen LogP contribution in [0.1, 0.15) is 24.0 Å². The van der Waals surface area contributed by atoms with Crippen molar-refractivity contribution in [3.63, 3.8) is 0 Å². The fourth-order valence-corrected chi connectivity index (χ4v) is 3.93. The van der Waals surface area contributed by atoms with Crippen molar-refractivity contribution in [2.75, 3.05) is 0 Å². The summed E-state index contributed by atoms with van der Waals surface area (Å²) in [4.78, 5) is 0. The van der Waals surface area contributed by atoms with Gasteiger partial charge in [0.15, 0.2) is 0 Å². The van der Waals surface area contributed by atoms with Crippen molar-refractivity contribution >= 4 is 0 Å². The summed E-state index contributed by atoms with van der Waals surface area (Å²) in [6, 6.07) is 8.65. The Balaban J connectivity index is 2.33. The van der Waals surface area contributed by atoms with Gasteiger partial charge >= 0.3 is 0 Å². The predicted octanol–water partition coefficient (Wildman–Crippen LogP) is 7.02. The number of hydrogen-bond acceptors (Lipinski definition) is 0. The minimum absolute atomic E-state index is 0.366. The number of hydrogen-bond donors (Lipinski definition) is 0. The average molecular weight is 351 g/mol. The summed E-state index contributed by atoms with van der Waals surface area (Å²) in [5.74, 6) is 0. The Morgan fingerprint density at radius 3 is 2.63 bits per heavy atom. The maximum Gasteiger partial charge on any atom is 0.0679 e. The second-order valence-corrected chi connectivity index (χ2v) is 6.77. The minimum atomic E-state index is -0.366.